The number of hydrogen-bond acceptors (Lipinski definition) is 4. The SMILES string of the molecule is C=CCC=C(C)C(=O)OCCOP(=O)(O)O. The number of allylic oxidation sites excluding steroid dienone is 2. The third kappa shape index (κ3) is 8.38. The Labute approximate surface area is 93.8 Å². The van der Waals surface area contributed by atoms with Crippen LogP contribution >= 0.6 is 7.82 Å². The van der Waals surface area contributed by atoms with Gasteiger partial charge in [-0.05, 0) is 13.3 Å². The largest absolute Gasteiger partial charge is 0.469 e. The summed E-state index contributed by atoms with van der Waals surface area (Å²) in [6.07, 6.45) is 3.83. The second kappa shape index (κ2) is 7.35. The van der Waals surface area contributed by atoms with Crippen LogP contribution in [0.3, 0.4) is 0 Å². The van der Waals surface area contributed by atoms with Crippen molar-refractivity contribution in [2.24, 2.45) is 0 Å². The van der Waals surface area contributed by atoms with Gasteiger partial charge in [-0.25, -0.2) is 9.36 Å². The van der Waals surface area contributed by atoms with Crippen molar-refractivity contribution in [1.29, 1.82) is 0 Å². The average molecular weight is 250 g/mol. The fourth-order valence-corrected chi connectivity index (χ4v) is 1.06. The minimum absolute atomic E-state index is 0.205. The Morgan fingerprint density at radius 3 is 2.56 bits per heavy atom. The Kier molecular flexibility index (Phi) is 6.92. The maximum absolute atomic E-state index is 11.2. The summed E-state index contributed by atoms with van der Waals surface area (Å²) in [5, 5.41) is 0. The zero-order valence-corrected chi connectivity index (χ0v) is 9.85. The molecule has 0 rings (SSSR count). The minimum Gasteiger partial charge on any atom is -0.460 e. The molecule has 0 spiro atoms. The van der Waals surface area contributed by atoms with Crippen molar-refractivity contribution in [1.82, 2.24) is 0 Å². The molecule has 0 unspecified atom stereocenters. The smallest absolute Gasteiger partial charge is 0.460 e. The quantitative estimate of drug-likeness (QED) is 0.231. The molecule has 0 atom stereocenters. The highest BCUT2D eigenvalue weighted by Crippen LogP contribution is 2.35. The molecule has 2 N–H and O–H groups in total. The third-order valence-corrected chi connectivity index (χ3v) is 2.01. The Hall–Kier alpha value is -0.940. The number of carbonyl (C=O) groups is 1. The van der Waals surface area contributed by atoms with Gasteiger partial charge in [0.05, 0.1) is 6.61 Å². The first-order valence-electron chi connectivity index (χ1n) is 4.51. The maximum Gasteiger partial charge on any atom is 0.469 e. The van der Waals surface area contributed by atoms with Gasteiger partial charge in [0.25, 0.3) is 0 Å². The van der Waals surface area contributed by atoms with Gasteiger partial charge in [0, 0.05) is 5.57 Å². The van der Waals surface area contributed by atoms with Crippen LogP contribution in [0, 0.1) is 0 Å². The first-order valence-corrected chi connectivity index (χ1v) is 6.04. The zero-order valence-electron chi connectivity index (χ0n) is 8.96. The van der Waals surface area contributed by atoms with Crippen LogP contribution in [0.2, 0.25) is 0 Å². The van der Waals surface area contributed by atoms with Crippen LogP contribution < -0.4 is 0 Å². The molecule has 0 aromatic rings. The zero-order chi connectivity index (χ0) is 12.6. The third-order valence-electron chi connectivity index (χ3n) is 1.49. The highest BCUT2D eigenvalue weighted by molar-refractivity contribution is 7.46. The van der Waals surface area contributed by atoms with E-state index in [0.717, 1.165) is 0 Å². The van der Waals surface area contributed by atoms with Crippen LogP contribution in [0.4, 0.5) is 0 Å². The van der Waals surface area contributed by atoms with Crippen LogP contribution in [-0.4, -0.2) is 29.0 Å². The number of hydrogen-bond donors (Lipinski definition) is 2. The number of ether oxygens (including phenoxy) is 1. The Bertz CT molecular complexity index is 316. The van der Waals surface area contributed by atoms with E-state index in [1.807, 2.05) is 0 Å². The van der Waals surface area contributed by atoms with E-state index in [9.17, 15) is 9.36 Å². The Morgan fingerprint density at radius 2 is 2.06 bits per heavy atom. The van der Waals surface area contributed by atoms with E-state index in [2.05, 4.69) is 15.8 Å². The van der Waals surface area contributed by atoms with Gasteiger partial charge in [0.1, 0.15) is 6.61 Å². The van der Waals surface area contributed by atoms with E-state index in [-0.39, 0.29) is 13.2 Å². The van der Waals surface area contributed by atoms with Crippen LogP contribution in [-0.2, 0) is 18.6 Å². The molecule has 7 heteroatoms. The molecule has 6 nitrogen and oxygen atoms in total. The van der Waals surface area contributed by atoms with Crippen molar-refractivity contribution in [3.63, 3.8) is 0 Å². The summed E-state index contributed by atoms with van der Waals surface area (Å²) < 4.78 is 19.0. The summed E-state index contributed by atoms with van der Waals surface area (Å²) in [4.78, 5) is 27.9. The fourth-order valence-electron chi connectivity index (χ4n) is 0.748. The second-order valence-corrected chi connectivity index (χ2v) is 4.11. The molecule has 16 heavy (non-hydrogen) atoms. The molecular weight excluding hydrogens is 235 g/mol. The maximum atomic E-state index is 11.2. The second-order valence-electron chi connectivity index (χ2n) is 2.87. The topological polar surface area (TPSA) is 93.1 Å². The lowest BCUT2D eigenvalue weighted by Gasteiger charge is -2.06. The van der Waals surface area contributed by atoms with Crippen LogP contribution in [0.1, 0.15) is 13.3 Å². The normalized spacial score (nSPS) is 12.3. The molecule has 0 aliphatic carbocycles. The number of carbonyl (C=O) groups excluding carboxylic acids is 1. The van der Waals surface area contributed by atoms with Crippen molar-refractivity contribution in [2.45, 2.75) is 13.3 Å². The first kappa shape index (κ1) is 15.1. The standard InChI is InChI=1S/C9H15O6P/c1-3-4-5-8(2)9(10)14-6-7-15-16(11,12)13/h3,5H,1,4,6-7H2,2H3,(H2,11,12,13). The van der Waals surface area contributed by atoms with Gasteiger partial charge in [-0.2, -0.15) is 0 Å². The van der Waals surface area contributed by atoms with Gasteiger partial charge in [-0.1, -0.05) is 12.2 Å². The van der Waals surface area contributed by atoms with Crippen LogP contribution in [0.25, 0.3) is 0 Å². The molecule has 0 amide bonds. The molecule has 0 aliphatic heterocycles. The lowest BCUT2D eigenvalue weighted by atomic mass is 10.2. The van der Waals surface area contributed by atoms with E-state index in [1.54, 1.807) is 19.1 Å². The Morgan fingerprint density at radius 1 is 1.44 bits per heavy atom. The molecule has 0 aromatic carbocycles. The fraction of sp³-hybridized carbons (Fsp3) is 0.444. The van der Waals surface area contributed by atoms with E-state index >= 15 is 0 Å². The minimum atomic E-state index is -4.49. The van der Waals surface area contributed by atoms with E-state index in [0.29, 0.717) is 12.0 Å². The number of rotatable bonds is 7. The average Bonchev–Trinajstić information content (AvgIpc) is 2.19. The highest BCUT2D eigenvalue weighted by Gasteiger charge is 2.13. The number of esters is 1. The van der Waals surface area contributed by atoms with Crippen molar-refractivity contribution < 1.29 is 28.4 Å². The summed E-state index contributed by atoms with van der Waals surface area (Å²) >= 11 is 0. The molecule has 0 saturated heterocycles. The predicted molar refractivity (Wildman–Crippen MR) is 57.5 cm³/mol. The first-order chi connectivity index (χ1) is 7.37. The van der Waals surface area contributed by atoms with Gasteiger partial charge < -0.3 is 14.5 Å². The van der Waals surface area contributed by atoms with Crippen molar-refractivity contribution in [3.8, 4) is 0 Å². The van der Waals surface area contributed by atoms with Gasteiger partial charge in [-0.3, -0.25) is 4.52 Å². The summed E-state index contributed by atoms with van der Waals surface area (Å²) in [6.45, 7) is 4.52. The Balaban J connectivity index is 3.82. The molecule has 0 heterocycles. The van der Waals surface area contributed by atoms with Gasteiger partial charge in [0.15, 0.2) is 0 Å². The van der Waals surface area contributed by atoms with Crippen LogP contribution in [0.15, 0.2) is 24.3 Å². The number of phosphoric acid groups is 1. The molecule has 0 fully saturated rings. The molecular formula is C9H15O6P. The predicted octanol–water partition coefficient (Wildman–Crippen LogP) is 1.16. The van der Waals surface area contributed by atoms with E-state index in [4.69, 9.17) is 9.79 Å². The molecule has 0 saturated carbocycles. The molecule has 0 aromatic heterocycles. The summed E-state index contributed by atoms with van der Waals surface area (Å²) in [5.41, 5.74) is 0.413. The summed E-state index contributed by atoms with van der Waals surface area (Å²) in [7, 11) is -4.49. The monoisotopic (exact) mass is 250 g/mol. The molecule has 0 radical (unpaired) electrons. The molecule has 92 valence electrons. The molecule has 0 aliphatic rings. The van der Waals surface area contributed by atoms with E-state index in [1.165, 1.54) is 0 Å². The van der Waals surface area contributed by atoms with Crippen molar-refractivity contribution in [2.75, 3.05) is 13.2 Å². The van der Waals surface area contributed by atoms with E-state index < -0.39 is 13.8 Å². The number of phosphoric ester groups is 1. The van der Waals surface area contributed by atoms with Crippen molar-refractivity contribution >= 4 is 13.8 Å². The lowest BCUT2D eigenvalue weighted by molar-refractivity contribution is -0.139. The van der Waals surface area contributed by atoms with Gasteiger partial charge in [-0.15, -0.1) is 6.58 Å². The van der Waals surface area contributed by atoms with Crippen molar-refractivity contribution in [3.05, 3.63) is 24.3 Å². The summed E-state index contributed by atoms with van der Waals surface area (Å²) in [6, 6.07) is 0. The highest BCUT2D eigenvalue weighted by atomic mass is 31.2. The van der Waals surface area contributed by atoms with Gasteiger partial charge >= 0.3 is 13.8 Å². The van der Waals surface area contributed by atoms with Gasteiger partial charge in [0.2, 0.25) is 0 Å². The molecule has 0 bridgehead atoms. The summed E-state index contributed by atoms with van der Waals surface area (Å²) in [5.74, 6) is -0.545. The lowest BCUT2D eigenvalue weighted by Crippen LogP contribution is -2.10. The van der Waals surface area contributed by atoms with Crippen LogP contribution in [0.5, 0.6) is 0 Å².